The lowest BCUT2D eigenvalue weighted by Crippen LogP contribution is -2.44. The first kappa shape index (κ1) is 20.2. The summed E-state index contributed by atoms with van der Waals surface area (Å²) in [5.41, 5.74) is 3.51. The van der Waals surface area contributed by atoms with E-state index in [0.717, 1.165) is 30.7 Å². The Hall–Kier alpha value is -3.67. The number of H-pyrrole nitrogens is 1. The number of piperidine rings is 1. The van der Waals surface area contributed by atoms with Crippen molar-refractivity contribution in [2.45, 2.75) is 18.8 Å². The Kier molecular flexibility index (Phi) is 5.83. The summed E-state index contributed by atoms with van der Waals surface area (Å²) in [5.74, 6) is 0.978. The molecule has 1 aliphatic rings. The van der Waals surface area contributed by atoms with Crippen LogP contribution in [0.3, 0.4) is 0 Å². The number of hydrogen-bond acceptors (Lipinski definition) is 4. The van der Waals surface area contributed by atoms with Crippen molar-refractivity contribution >= 4 is 22.6 Å². The summed E-state index contributed by atoms with van der Waals surface area (Å²) in [5, 5.41) is 4.46. The van der Waals surface area contributed by atoms with Gasteiger partial charge in [-0.2, -0.15) is 0 Å². The predicted molar refractivity (Wildman–Crippen MR) is 127 cm³/mol. The number of aromatic nitrogens is 3. The van der Waals surface area contributed by atoms with Crippen molar-refractivity contribution in [3.8, 4) is 0 Å². The molecule has 5 rings (SSSR count). The van der Waals surface area contributed by atoms with Gasteiger partial charge in [0.15, 0.2) is 0 Å². The lowest BCUT2D eigenvalue weighted by Gasteiger charge is -2.33. The number of aromatic amines is 1. The fourth-order valence-electron chi connectivity index (χ4n) is 4.68. The van der Waals surface area contributed by atoms with E-state index < -0.39 is 0 Å². The van der Waals surface area contributed by atoms with E-state index in [1.54, 1.807) is 18.6 Å². The number of rotatable bonds is 6. The maximum absolute atomic E-state index is 13.2. The van der Waals surface area contributed by atoms with Gasteiger partial charge in [0.2, 0.25) is 5.91 Å². The molecule has 2 aromatic heterocycles. The molecule has 0 unspecified atom stereocenters. The van der Waals surface area contributed by atoms with Crippen LogP contribution in [0, 0.1) is 5.92 Å². The molecule has 1 saturated heterocycles. The van der Waals surface area contributed by atoms with Gasteiger partial charge in [0.25, 0.3) is 0 Å². The molecular weight excluding hydrogens is 398 g/mol. The van der Waals surface area contributed by atoms with E-state index in [-0.39, 0.29) is 17.7 Å². The fraction of sp³-hybridized carbons (Fsp3) is 0.269. The minimum atomic E-state index is -0.0508. The number of hydrogen-bond donors (Lipinski definition) is 2. The minimum absolute atomic E-state index is 0.0508. The Labute approximate surface area is 187 Å². The highest BCUT2D eigenvalue weighted by molar-refractivity contribution is 5.84. The highest BCUT2D eigenvalue weighted by Crippen LogP contribution is 2.30. The number of fused-ring (bicyclic) bond motifs is 1. The standard InChI is InChI=1S/C26H27N5O/c32-26(20-9-6-14-31(18-20)25-17-27-12-13-28-25)30-15-22(19-7-2-1-3-8-19)23-16-29-24-11-5-4-10-21(23)24/h1-5,7-8,10-13,16-17,20,22,29H,6,9,14-15,18H2,(H,30,32)/t20-,22-/m0/s1. The Morgan fingerprint density at radius 3 is 2.81 bits per heavy atom. The smallest absolute Gasteiger partial charge is 0.224 e. The molecule has 2 atom stereocenters. The van der Waals surface area contributed by atoms with Crippen molar-refractivity contribution in [2.75, 3.05) is 24.5 Å². The summed E-state index contributed by atoms with van der Waals surface area (Å²) < 4.78 is 0. The lowest BCUT2D eigenvalue weighted by molar-refractivity contribution is -0.125. The van der Waals surface area contributed by atoms with Crippen LogP contribution in [0.5, 0.6) is 0 Å². The second-order valence-electron chi connectivity index (χ2n) is 8.35. The molecule has 0 aliphatic carbocycles. The van der Waals surface area contributed by atoms with Crippen molar-refractivity contribution in [3.05, 3.63) is 90.5 Å². The van der Waals surface area contributed by atoms with Crippen LogP contribution in [-0.2, 0) is 4.79 Å². The maximum Gasteiger partial charge on any atom is 0.224 e. The first-order valence-corrected chi connectivity index (χ1v) is 11.2. The average molecular weight is 426 g/mol. The Balaban J connectivity index is 1.33. The number of nitrogens with one attached hydrogen (secondary N) is 2. The van der Waals surface area contributed by atoms with Crippen LogP contribution in [0.4, 0.5) is 5.82 Å². The molecule has 0 saturated carbocycles. The van der Waals surface area contributed by atoms with Crippen molar-refractivity contribution < 1.29 is 4.79 Å². The lowest BCUT2D eigenvalue weighted by atomic mass is 9.90. The van der Waals surface area contributed by atoms with Crippen molar-refractivity contribution in [1.82, 2.24) is 20.3 Å². The van der Waals surface area contributed by atoms with Crippen molar-refractivity contribution in [3.63, 3.8) is 0 Å². The molecule has 0 radical (unpaired) electrons. The van der Waals surface area contributed by atoms with Gasteiger partial charge in [0.1, 0.15) is 5.82 Å². The van der Waals surface area contributed by atoms with Crippen LogP contribution >= 0.6 is 0 Å². The molecule has 2 N–H and O–H groups in total. The third kappa shape index (κ3) is 4.21. The molecule has 3 heterocycles. The molecule has 6 heteroatoms. The first-order valence-electron chi connectivity index (χ1n) is 11.2. The highest BCUT2D eigenvalue weighted by atomic mass is 16.1. The van der Waals surface area contributed by atoms with E-state index in [0.29, 0.717) is 13.1 Å². The molecule has 6 nitrogen and oxygen atoms in total. The number of nitrogens with zero attached hydrogens (tertiary/aromatic N) is 3. The largest absolute Gasteiger partial charge is 0.361 e. The molecule has 4 aromatic rings. The second kappa shape index (κ2) is 9.22. The second-order valence-corrected chi connectivity index (χ2v) is 8.35. The van der Waals surface area contributed by atoms with E-state index in [9.17, 15) is 4.79 Å². The van der Waals surface area contributed by atoms with E-state index >= 15 is 0 Å². The number of carbonyl (C=O) groups is 1. The summed E-state index contributed by atoms with van der Waals surface area (Å²) >= 11 is 0. The third-order valence-electron chi connectivity index (χ3n) is 6.34. The zero-order valence-electron chi connectivity index (χ0n) is 17.9. The van der Waals surface area contributed by atoms with Crippen LogP contribution in [-0.4, -0.2) is 40.5 Å². The first-order chi connectivity index (χ1) is 15.8. The monoisotopic (exact) mass is 425 g/mol. The molecule has 32 heavy (non-hydrogen) atoms. The number of anilines is 1. The van der Waals surface area contributed by atoms with Gasteiger partial charge < -0.3 is 15.2 Å². The summed E-state index contributed by atoms with van der Waals surface area (Å²) in [4.78, 5) is 27.3. The van der Waals surface area contributed by atoms with Gasteiger partial charge in [0, 0.05) is 55.0 Å². The van der Waals surface area contributed by atoms with Gasteiger partial charge in [-0.15, -0.1) is 0 Å². The van der Waals surface area contributed by atoms with E-state index in [4.69, 9.17) is 0 Å². The van der Waals surface area contributed by atoms with Gasteiger partial charge in [0.05, 0.1) is 12.1 Å². The number of carbonyl (C=O) groups excluding carboxylic acids is 1. The fourth-order valence-corrected chi connectivity index (χ4v) is 4.68. The molecular formula is C26H27N5O. The SMILES string of the molecule is O=C(NC[C@@H](c1ccccc1)c1c[nH]c2ccccc12)[C@H]1CCCN(c2cnccn2)C1. The minimum Gasteiger partial charge on any atom is -0.361 e. The van der Waals surface area contributed by atoms with Gasteiger partial charge in [-0.3, -0.25) is 9.78 Å². The van der Waals surface area contributed by atoms with Crippen molar-refractivity contribution in [2.24, 2.45) is 5.92 Å². The van der Waals surface area contributed by atoms with Crippen LogP contribution in [0.25, 0.3) is 10.9 Å². The van der Waals surface area contributed by atoms with Crippen molar-refractivity contribution in [1.29, 1.82) is 0 Å². The molecule has 1 aliphatic heterocycles. The Morgan fingerprint density at radius 2 is 1.97 bits per heavy atom. The summed E-state index contributed by atoms with van der Waals surface area (Å²) in [6.45, 7) is 2.14. The van der Waals surface area contributed by atoms with Gasteiger partial charge in [-0.05, 0) is 30.0 Å². The Bertz CT molecular complexity index is 1170. The van der Waals surface area contributed by atoms with Gasteiger partial charge in [-0.1, -0.05) is 48.5 Å². The van der Waals surface area contributed by atoms with Crippen LogP contribution < -0.4 is 10.2 Å². The predicted octanol–water partition coefficient (Wildman–Crippen LogP) is 4.12. The van der Waals surface area contributed by atoms with Gasteiger partial charge in [-0.25, -0.2) is 4.98 Å². The van der Waals surface area contributed by atoms with Gasteiger partial charge >= 0.3 is 0 Å². The molecule has 1 fully saturated rings. The topological polar surface area (TPSA) is 73.9 Å². The Morgan fingerprint density at radius 1 is 1.12 bits per heavy atom. The highest BCUT2D eigenvalue weighted by Gasteiger charge is 2.27. The summed E-state index contributed by atoms with van der Waals surface area (Å²) in [7, 11) is 0. The van der Waals surface area contributed by atoms with E-state index in [1.807, 2.05) is 12.1 Å². The third-order valence-corrected chi connectivity index (χ3v) is 6.34. The molecule has 0 spiro atoms. The summed E-state index contributed by atoms with van der Waals surface area (Å²) in [6.07, 6.45) is 9.08. The van der Waals surface area contributed by atoms with E-state index in [1.165, 1.54) is 16.5 Å². The van der Waals surface area contributed by atoms with E-state index in [2.05, 4.69) is 73.8 Å². The summed E-state index contributed by atoms with van der Waals surface area (Å²) in [6, 6.07) is 18.7. The normalized spacial score (nSPS) is 17.2. The maximum atomic E-state index is 13.2. The number of benzene rings is 2. The average Bonchev–Trinajstić information content (AvgIpc) is 3.29. The molecule has 0 bridgehead atoms. The molecule has 162 valence electrons. The zero-order chi connectivity index (χ0) is 21.8. The molecule has 2 aromatic carbocycles. The van der Waals surface area contributed by atoms with Crippen LogP contribution in [0.15, 0.2) is 79.4 Å². The number of amides is 1. The van der Waals surface area contributed by atoms with Crippen LogP contribution in [0.2, 0.25) is 0 Å². The quantitative estimate of drug-likeness (QED) is 0.487. The number of para-hydroxylation sites is 1. The van der Waals surface area contributed by atoms with Crippen LogP contribution in [0.1, 0.15) is 29.9 Å². The zero-order valence-corrected chi connectivity index (χ0v) is 17.9. The molecule has 1 amide bonds.